The van der Waals surface area contributed by atoms with Gasteiger partial charge in [0.2, 0.25) is 0 Å². The molecule has 2 fully saturated rings. The third-order valence-corrected chi connectivity index (χ3v) is 5.39. The van der Waals surface area contributed by atoms with Crippen molar-refractivity contribution in [1.82, 2.24) is 10.2 Å². The fourth-order valence-corrected chi connectivity index (χ4v) is 4.02. The van der Waals surface area contributed by atoms with Crippen LogP contribution in [0.5, 0.6) is 5.75 Å². The first kappa shape index (κ1) is 22.1. The molecule has 2 aliphatic rings. The maximum Gasteiger partial charge on any atom is 0.119 e. The highest BCUT2D eigenvalue weighted by atomic mass is 35.5. The number of piperazine rings is 1. The van der Waals surface area contributed by atoms with E-state index < -0.39 is 0 Å². The van der Waals surface area contributed by atoms with Crippen LogP contribution in [0.3, 0.4) is 0 Å². The average molecular weight is 386 g/mol. The topological polar surface area (TPSA) is 48.3 Å². The third kappa shape index (κ3) is 5.01. The molecule has 0 aromatic heterocycles. The van der Waals surface area contributed by atoms with Gasteiger partial charge in [-0.15, -0.1) is 24.8 Å². The van der Waals surface area contributed by atoms with Crippen molar-refractivity contribution in [2.75, 3.05) is 32.8 Å². The van der Waals surface area contributed by atoms with Gasteiger partial charge < -0.3 is 10.1 Å². The standard InChI is InChI=1S/C19H27N3O.2ClH/c1-2-23-18-5-3-4-16(14-18)19(15-20)8-6-17(7-9-19)22-12-10-21-11-13-22;;/h3-5,14,17,21H,2,6-13H2,1H3;2*1H/t17-,19+;;. The highest BCUT2D eigenvalue weighted by Crippen LogP contribution is 2.41. The van der Waals surface area contributed by atoms with E-state index in [-0.39, 0.29) is 30.2 Å². The summed E-state index contributed by atoms with van der Waals surface area (Å²) in [6.45, 7) is 7.13. The number of benzene rings is 1. The first-order chi connectivity index (χ1) is 11.3. The van der Waals surface area contributed by atoms with E-state index in [1.54, 1.807) is 0 Å². The van der Waals surface area contributed by atoms with Crippen molar-refractivity contribution >= 4 is 24.8 Å². The molecule has 3 rings (SSSR count). The summed E-state index contributed by atoms with van der Waals surface area (Å²) < 4.78 is 5.62. The van der Waals surface area contributed by atoms with E-state index >= 15 is 0 Å². The number of hydrogen-bond acceptors (Lipinski definition) is 4. The van der Waals surface area contributed by atoms with E-state index in [4.69, 9.17) is 4.74 Å². The van der Waals surface area contributed by atoms with Crippen molar-refractivity contribution in [1.29, 1.82) is 5.26 Å². The molecule has 1 saturated carbocycles. The Labute approximate surface area is 163 Å². The molecule has 0 radical (unpaired) electrons. The van der Waals surface area contributed by atoms with Gasteiger partial charge >= 0.3 is 0 Å². The smallest absolute Gasteiger partial charge is 0.119 e. The maximum absolute atomic E-state index is 9.90. The van der Waals surface area contributed by atoms with E-state index in [0.717, 1.165) is 63.2 Å². The fraction of sp³-hybridized carbons (Fsp3) is 0.632. The van der Waals surface area contributed by atoms with Gasteiger partial charge in [0.05, 0.1) is 18.1 Å². The second-order valence-corrected chi connectivity index (χ2v) is 6.67. The van der Waals surface area contributed by atoms with Gasteiger partial charge in [0.1, 0.15) is 5.75 Å². The van der Waals surface area contributed by atoms with Gasteiger partial charge in [-0.05, 0) is 50.3 Å². The van der Waals surface area contributed by atoms with Crippen molar-refractivity contribution in [3.63, 3.8) is 0 Å². The molecule has 0 bridgehead atoms. The predicted octanol–water partition coefficient (Wildman–Crippen LogP) is 3.54. The summed E-state index contributed by atoms with van der Waals surface area (Å²) in [4.78, 5) is 2.61. The minimum atomic E-state index is -0.336. The molecular formula is C19H29Cl2N3O. The lowest BCUT2D eigenvalue weighted by Crippen LogP contribution is -2.50. The van der Waals surface area contributed by atoms with Crippen LogP contribution < -0.4 is 10.1 Å². The van der Waals surface area contributed by atoms with Crippen LogP contribution in [0.15, 0.2) is 24.3 Å². The van der Waals surface area contributed by atoms with Crippen LogP contribution in [0.2, 0.25) is 0 Å². The number of nitrogens with zero attached hydrogens (tertiary/aromatic N) is 2. The van der Waals surface area contributed by atoms with Crippen LogP contribution in [-0.2, 0) is 5.41 Å². The van der Waals surface area contributed by atoms with Gasteiger partial charge in [0.15, 0.2) is 0 Å². The Morgan fingerprint density at radius 1 is 1.24 bits per heavy atom. The molecule has 1 aromatic rings. The van der Waals surface area contributed by atoms with Crippen LogP contribution in [0, 0.1) is 11.3 Å². The summed E-state index contributed by atoms with van der Waals surface area (Å²) in [5.74, 6) is 0.879. The zero-order valence-corrected chi connectivity index (χ0v) is 16.5. The average Bonchev–Trinajstić information content (AvgIpc) is 2.63. The molecule has 25 heavy (non-hydrogen) atoms. The molecule has 1 aliphatic carbocycles. The van der Waals surface area contributed by atoms with Crippen molar-refractivity contribution in [2.24, 2.45) is 0 Å². The zero-order chi connectivity index (χ0) is 16.1. The highest BCUT2D eigenvalue weighted by Gasteiger charge is 2.39. The second kappa shape index (κ2) is 10.2. The monoisotopic (exact) mass is 385 g/mol. The zero-order valence-electron chi connectivity index (χ0n) is 14.9. The van der Waals surface area contributed by atoms with E-state index in [0.29, 0.717) is 12.6 Å². The predicted molar refractivity (Wildman–Crippen MR) is 106 cm³/mol. The molecule has 140 valence electrons. The first-order valence-corrected chi connectivity index (χ1v) is 8.87. The van der Waals surface area contributed by atoms with Crippen molar-refractivity contribution in [2.45, 2.75) is 44.1 Å². The molecule has 0 spiro atoms. The number of nitrogens with one attached hydrogen (secondary N) is 1. The van der Waals surface area contributed by atoms with Crippen LogP contribution in [0.4, 0.5) is 0 Å². The van der Waals surface area contributed by atoms with Crippen LogP contribution in [0.25, 0.3) is 0 Å². The minimum Gasteiger partial charge on any atom is -0.494 e. The fourth-order valence-electron chi connectivity index (χ4n) is 4.02. The lowest BCUT2D eigenvalue weighted by atomic mass is 9.69. The normalized spacial score (nSPS) is 26.6. The lowest BCUT2D eigenvalue weighted by Gasteiger charge is -2.42. The van der Waals surface area contributed by atoms with E-state index in [1.165, 1.54) is 0 Å². The summed E-state index contributed by atoms with van der Waals surface area (Å²) in [6.07, 6.45) is 4.14. The molecule has 1 aromatic carbocycles. The largest absolute Gasteiger partial charge is 0.494 e. The Morgan fingerprint density at radius 3 is 2.52 bits per heavy atom. The maximum atomic E-state index is 9.90. The molecule has 1 heterocycles. The Kier molecular flexibility index (Phi) is 9.02. The summed E-state index contributed by atoms with van der Waals surface area (Å²) in [6, 6.07) is 11.4. The molecule has 0 atom stereocenters. The Morgan fingerprint density at radius 2 is 1.92 bits per heavy atom. The Balaban J connectivity index is 0.00000156. The SMILES string of the molecule is CCOc1cccc([C@]2(C#N)CC[C@H](N3CCNCC3)CC2)c1.Cl.Cl. The first-order valence-electron chi connectivity index (χ1n) is 8.87. The number of nitriles is 1. The van der Waals surface area contributed by atoms with Gasteiger partial charge in [0.25, 0.3) is 0 Å². The quantitative estimate of drug-likeness (QED) is 0.860. The van der Waals surface area contributed by atoms with Gasteiger partial charge in [-0.25, -0.2) is 0 Å². The Bertz CT molecular complexity index is 562. The van der Waals surface area contributed by atoms with Crippen molar-refractivity contribution < 1.29 is 4.74 Å². The Hall–Kier alpha value is -0.990. The summed E-state index contributed by atoms with van der Waals surface area (Å²) >= 11 is 0. The molecule has 1 saturated heterocycles. The van der Waals surface area contributed by atoms with Gasteiger partial charge in [-0.3, -0.25) is 4.90 Å². The number of rotatable bonds is 4. The molecule has 6 heteroatoms. The third-order valence-electron chi connectivity index (χ3n) is 5.39. The molecule has 4 nitrogen and oxygen atoms in total. The number of halogens is 2. The summed E-state index contributed by atoms with van der Waals surface area (Å²) in [5, 5.41) is 13.3. The lowest BCUT2D eigenvalue weighted by molar-refractivity contribution is 0.122. The van der Waals surface area contributed by atoms with E-state index in [9.17, 15) is 5.26 Å². The second-order valence-electron chi connectivity index (χ2n) is 6.67. The highest BCUT2D eigenvalue weighted by molar-refractivity contribution is 5.85. The number of ether oxygens (including phenoxy) is 1. The van der Waals surface area contributed by atoms with Crippen LogP contribution in [-0.4, -0.2) is 43.7 Å². The van der Waals surface area contributed by atoms with Crippen molar-refractivity contribution in [3.05, 3.63) is 29.8 Å². The molecule has 1 N–H and O–H groups in total. The molecule has 1 aliphatic heterocycles. The van der Waals surface area contributed by atoms with Gasteiger partial charge in [0, 0.05) is 32.2 Å². The van der Waals surface area contributed by atoms with E-state index in [1.807, 2.05) is 19.1 Å². The number of hydrogen-bond donors (Lipinski definition) is 1. The van der Waals surface area contributed by atoms with Crippen LogP contribution in [0.1, 0.15) is 38.2 Å². The molecule has 0 unspecified atom stereocenters. The van der Waals surface area contributed by atoms with Crippen molar-refractivity contribution in [3.8, 4) is 11.8 Å². The minimum absolute atomic E-state index is 0. The summed E-state index contributed by atoms with van der Waals surface area (Å²) in [5.41, 5.74) is 0.794. The molecular weight excluding hydrogens is 357 g/mol. The van der Waals surface area contributed by atoms with Crippen LogP contribution >= 0.6 is 24.8 Å². The summed E-state index contributed by atoms with van der Waals surface area (Å²) in [7, 11) is 0. The van der Waals surface area contributed by atoms with Gasteiger partial charge in [-0.1, -0.05) is 12.1 Å². The molecule has 0 amide bonds. The van der Waals surface area contributed by atoms with E-state index in [2.05, 4.69) is 28.4 Å². The van der Waals surface area contributed by atoms with Gasteiger partial charge in [-0.2, -0.15) is 5.26 Å².